The molecule has 0 fully saturated rings. The van der Waals surface area contributed by atoms with Gasteiger partial charge in [-0.05, 0) is 6.92 Å². The fraction of sp³-hybridized carbons (Fsp3) is 0.400. The van der Waals surface area contributed by atoms with Gasteiger partial charge in [-0.2, -0.15) is 12.6 Å². The van der Waals surface area contributed by atoms with Crippen molar-refractivity contribution in [2.75, 3.05) is 0 Å². The molecule has 0 rings (SSSR count). The minimum atomic E-state index is -0.979. The van der Waals surface area contributed by atoms with Crippen LogP contribution >= 0.6 is 12.6 Å². The number of carboxylic acid groups (broad SMARTS) is 1. The summed E-state index contributed by atoms with van der Waals surface area (Å²) in [5, 5.41) is 7.95. The quantitative estimate of drug-likeness (QED) is 0.433. The molecule has 0 aromatic rings. The monoisotopic (exact) mass is 132 g/mol. The summed E-state index contributed by atoms with van der Waals surface area (Å²) < 4.78 is 0. The van der Waals surface area contributed by atoms with Crippen molar-refractivity contribution in [3.63, 3.8) is 0 Å². The van der Waals surface area contributed by atoms with Crippen molar-refractivity contribution in [2.24, 2.45) is 0 Å². The summed E-state index contributed by atoms with van der Waals surface area (Å²) in [6, 6.07) is 0. The lowest BCUT2D eigenvalue weighted by molar-refractivity contribution is -0.132. The second kappa shape index (κ2) is 2.77. The normalized spacial score (nSPS) is 12.8. The summed E-state index contributed by atoms with van der Waals surface area (Å²) in [5.41, 5.74) is 0.133. The van der Waals surface area contributed by atoms with Gasteiger partial charge in [0, 0.05) is 10.8 Å². The molecule has 0 radical (unpaired) electrons. The Hall–Kier alpha value is -0.440. The fourth-order valence-electron chi connectivity index (χ4n) is 0.179. The van der Waals surface area contributed by atoms with Crippen molar-refractivity contribution in [1.82, 2.24) is 0 Å². The van der Waals surface area contributed by atoms with E-state index in [1.165, 1.54) is 0 Å². The van der Waals surface area contributed by atoms with Gasteiger partial charge in [0.25, 0.3) is 0 Å². The Labute approximate surface area is 53.6 Å². The third kappa shape index (κ3) is 2.02. The summed E-state index contributed by atoms with van der Waals surface area (Å²) in [6.45, 7) is 4.94. The van der Waals surface area contributed by atoms with E-state index < -0.39 is 5.97 Å². The summed E-state index contributed by atoms with van der Waals surface area (Å²) in [5.74, 6) is -0.979. The van der Waals surface area contributed by atoms with Crippen LogP contribution in [0.4, 0.5) is 0 Å². The molecular weight excluding hydrogens is 124 g/mol. The van der Waals surface area contributed by atoms with Crippen LogP contribution in [0.15, 0.2) is 12.2 Å². The lowest BCUT2D eigenvalue weighted by atomic mass is 10.2. The smallest absolute Gasteiger partial charge is 0.332 e. The first-order valence-electron chi connectivity index (χ1n) is 2.16. The van der Waals surface area contributed by atoms with Gasteiger partial charge in [0.15, 0.2) is 0 Å². The van der Waals surface area contributed by atoms with Gasteiger partial charge in [0.1, 0.15) is 0 Å². The molecule has 0 heterocycles. The third-order valence-electron chi connectivity index (χ3n) is 0.779. The molecule has 0 aliphatic heterocycles. The summed E-state index contributed by atoms with van der Waals surface area (Å²) in [7, 11) is 0. The highest BCUT2D eigenvalue weighted by Crippen LogP contribution is 2.04. The Kier molecular flexibility index (Phi) is 2.62. The van der Waals surface area contributed by atoms with Crippen molar-refractivity contribution in [2.45, 2.75) is 12.2 Å². The van der Waals surface area contributed by atoms with E-state index in [1.54, 1.807) is 6.92 Å². The van der Waals surface area contributed by atoms with Crippen LogP contribution in [0.1, 0.15) is 6.92 Å². The summed E-state index contributed by atoms with van der Waals surface area (Å²) >= 11 is 3.85. The zero-order valence-corrected chi connectivity index (χ0v) is 5.48. The van der Waals surface area contributed by atoms with E-state index in [0.29, 0.717) is 0 Å². The maximum absolute atomic E-state index is 9.99. The van der Waals surface area contributed by atoms with E-state index in [0.717, 1.165) is 0 Å². The average Bonchev–Trinajstić information content (AvgIpc) is 1.64. The molecule has 0 bridgehead atoms. The fourth-order valence-corrected chi connectivity index (χ4v) is 0.289. The van der Waals surface area contributed by atoms with Gasteiger partial charge in [-0.1, -0.05) is 6.58 Å². The summed E-state index contributed by atoms with van der Waals surface area (Å²) in [6.07, 6.45) is 0. The minimum absolute atomic E-state index is 0.133. The van der Waals surface area contributed by atoms with E-state index in [-0.39, 0.29) is 10.8 Å². The van der Waals surface area contributed by atoms with Crippen LogP contribution in [0, 0.1) is 0 Å². The van der Waals surface area contributed by atoms with Gasteiger partial charge in [-0.15, -0.1) is 0 Å². The zero-order valence-electron chi connectivity index (χ0n) is 4.59. The number of rotatable bonds is 2. The Balaban J connectivity index is 3.84. The van der Waals surface area contributed by atoms with Gasteiger partial charge >= 0.3 is 5.97 Å². The first kappa shape index (κ1) is 7.56. The lowest BCUT2D eigenvalue weighted by Crippen LogP contribution is -2.07. The molecule has 0 aliphatic carbocycles. The van der Waals surface area contributed by atoms with E-state index in [2.05, 4.69) is 19.2 Å². The molecule has 2 nitrogen and oxygen atoms in total. The first-order valence-corrected chi connectivity index (χ1v) is 2.67. The molecule has 1 unspecified atom stereocenters. The standard InChI is InChI=1S/C5H8O2S/c1-3(4(2)8)5(6)7/h4,8H,1H2,2H3,(H,6,7). The number of hydrogen-bond acceptors (Lipinski definition) is 2. The predicted molar refractivity (Wildman–Crippen MR) is 35.2 cm³/mol. The van der Waals surface area contributed by atoms with Gasteiger partial charge < -0.3 is 5.11 Å². The van der Waals surface area contributed by atoms with Crippen molar-refractivity contribution < 1.29 is 9.90 Å². The number of carboxylic acids is 1. The van der Waals surface area contributed by atoms with Crippen molar-refractivity contribution in [3.05, 3.63) is 12.2 Å². The van der Waals surface area contributed by atoms with Crippen LogP contribution in [0.2, 0.25) is 0 Å². The number of carbonyl (C=O) groups is 1. The molecule has 1 N–H and O–H groups in total. The summed E-state index contributed by atoms with van der Waals surface area (Å²) in [4.78, 5) is 9.99. The number of thiol groups is 1. The van der Waals surface area contributed by atoms with Gasteiger partial charge in [0.2, 0.25) is 0 Å². The van der Waals surface area contributed by atoms with E-state index >= 15 is 0 Å². The molecule has 0 aliphatic rings. The minimum Gasteiger partial charge on any atom is -0.478 e. The van der Waals surface area contributed by atoms with Crippen molar-refractivity contribution in [3.8, 4) is 0 Å². The van der Waals surface area contributed by atoms with Crippen molar-refractivity contribution in [1.29, 1.82) is 0 Å². The molecule has 8 heavy (non-hydrogen) atoms. The van der Waals surface area contributed by atoms with E-state index in [9.17, 15) is 4.79 Å². The molecule has 0 aromatic heterocycles. The van der Waals surface area contributed by atoms with Crippen LogP contribution in [0.5, 0.6) is 0 Å². The molecule has 1 atom stereocenters. The Morgan fingerprint density at radius 2 is 2.25 bits per heavy atom. The average molecular weight is 132 g/mol. The van der Waals surface area contributed by atoms with Crippen LogP contribution < -0.4 is 0 Å². The molecule has 0 saturated heterocycles. The maximum atomic E-state index is 9.99. The molecule has 3 heteroatoms. The van der Waals surface area contributed by atoms with Crippen LogP contribution in [-0.2, 0) is 4.79 Å². The van der Waals surface area contributed by atoms with Crippen LogP contribution in [0.25, 0.3) is 0 Å². The zero-order chi connectivity index (χ0) is 6.73. The Morgan fingerprint density at radius 1 is 1.88 bits per heavy atom. The molecule has 0 saturated carbocycles. The Morgan fingerprint density at radius 3 is 2.25 bits per heavy atom. The highest BCUT2D eigenvalue weighted by Gasteiger charge is 2.07. The van der Waals surface area contributed by atoms with Crippen LogP contribution in [-0.4, -0.2) is 16.3 Å². The molecule has 46 valence electrons. The third-order valence-corrected chi connectivity index (χ3v) is 1.09. The molecular formula is C5H8O2S. The number of hydrogen-bond donors (Lipinski definition) is 2. The first-order chi connectivity index (χ1) is 3.55. The largest absolute Gasteiger partial charge is 0.478 e. The maximum Gasteiger partial charge on any atom is 0.332 e. The van der Waals surface area contributed by atoms with Gasteiger partial charge in [0.05, 0.1) is 0 Å². The SMILES string of the molecule is C=C(C(=O)O)C(C)S. The van der Waals surface area contributed by atoms with Gasteiger partial charge in [-0.3, -0.25) is 0 Å². The highest BCUT2D eigenvalue weighted by molar-refractivity contribution is 7.81. The van der Waals surface area contributed by atoms with E-state index in [4.69, 9.17) is 5.11 Å². The van der Waals surface area contributed by atoms with Gasteiger partial charge in [-0.25, -0.2) is 4.79 Å². The Bertz CT molecular complexity index is 118. The predicted octanol–water partition coefficient (Wildman–Crippen LogP) is 0.946. The molecule has 0 amide bonds. The van der Waals surface area contributed by atoms with E-state index in [1.807, 2.05) is 0 Å². The molecule has 0 aromatic carbocycles. The lowest BCUT2D eigenvalue weighted by Gasteiger charge is -1.99. The second-order valence-corrected chi connectivity index (χ2v) is 2.28. The highest BCUT2D eigenvalue weighted by atomic mass is 32.1. The number of aliphatic carboxylic acids is 1. The van der Waals surface area contributed by atoms with Crippen molar-refractivity contribution >= 4 is 18.6 Å². The molecule has 0 spiro atoms. The second-order valence-electron chi connectivity index (χ2n) is 1.51. The van der Waals surface area contributed by atoms with Crippen LogP contribution in [0.3, 0.4) is 0 Å². The topological polar surface area (TPSA) is 37.3 Å².